The first kappa shape index (κ1) is 12.0. The molecule has 14 heavy (non-hydrogen) atoms. The number of nitrogens with one attached hydrogen (secondary N) is 1. The van der Waals surface area contributed by atoms with E-state index in [1.54, 1.807) is 0 Å². The number of hydrogen-bond donors (Lipinski definition) is 1. The predicted octanol–water partition coefficient (Wildman–Crippen LogP) is 2.10. The minimum absolute atomic E-state index is 0.602. The summed E-state index contributed by atoms with van der Waals surface area (Å²) in [7, 11) is 4.33. The summed E-state index contributed by atoms with van der Waals surface area (Å²) in [6.07, 6.45) is 4.03. The van der Waals surface area contributed by atoms with Gasteiger partial charge in [-0.2, -0.15) is 0 Å². The Morgan fingerprint density at radius 2 is 1.93 bits per heavy atom. The quantitative estimate of drug-likeness (QED) is 0.703. The molecule has 0 aromatic rings. The Hall–Kier alpha value is -0.0800. The van der Waals surface area contributed by atoms with Crippen LogP contribution in [-0.4, -0.2) is 37.6 Å². The molecule has 1 aliphatic carbocycles. The molecule has 1 saturated carbocycles. The summed E-state index contributed by atoms with van der Waals surface area (Å²) < 4.78 is 0. The van der Waals surface area contributed by atoms with Gasteiger partial charge in [0.15, 0.2) is 0 Å². The summed E-state index contributed by atoms with van der Waals surface area (Å²) in [6, 6.07) is 1.36. The Morgan fingerprint density at radius 1 is 1.36 bits per heavy atom. The average Bonchev–Trinajstić information content (AvgIpc) is 2.85. The highest BCUT2D eigenvalue weighted by Gasteiger charge is 2.42. The Bertz CT molecular complexity index is 171. The highest BCUT2D eigenvalue weighted by Crippen LogP contribution is 2.47. The molecule has 0 bridgehead atoms. The first-order chi connectivity index (χ1) is 6.49. The van der Waals surface area contributed by atoms with Crippen molar-refractivity contribution >= 4 is 0 Å². The van der Waals surface area contributed by atoms with Crippen molar-refractivity contribution in [2.24, 2.45) is 5.41 Å². The maximum atomic E-state index is 3.68. The number of hydrogen-bond acceptors (Lipinski definition) is 2. The lowest BCUT2D eigenvalue weighted by atomic mass is 10.0. The third kappa shape index (κ3) is 2.96. The van der Waals surface area contributed by atoms with E-state index in [9.17, 15) is 0 Å². The lowest BCUT2D eigenvalue weighted by molar-refractivity contribution is 0.255. The second kappa shape index (κ2) is 4.63. The molecule has 1 fully saturated rings. The maximum Gasteiger partial charge on any atom is 0.0212 e. The normalized spacial score (nSPS) is 23.6. The van der Waals surface area contributed by atoms with Gasteiger partial charge in [-0.1, -0.05) is 13.8 Å². The Kier molecular flexibility index (Phi) is 3.96. The molecular formula is C12H26N2. The molecule has 1 aliphatic rings. The zero-order chi connectivity index (χ0) is 10.8. The fourth-order valence-corrected chi connectivity index (χ4v) is 1.88. The molecule has 0 radical (unpaired) electrons. The van der Waals surface area contributed by atoms with Gasteiger partial charge in [-0.3, -0.25) is 0 Å². The molecule has 2 unspecified atom stereocenters. The zero-order valence-corrected chi connectivity index (χ0v) is 10.4. The zero-order valence-electron chi connectivity index (χ0n) is 10.4. The Labute approximate surface area is 89.1 Å². The van der Waals surface area contributed by atoms with Crippen LogP contribution in [0.25, 0.3) is 0 Å². The smallest absolute Gasteiger partial charge is 0.0212 e. The van der Waals surface area contributed by atoms with E-state index >= 15 is 0 Å². The van der Waals surface area contributed by atoms with E-state index in [-0.39, 0.29) is 0 Å². The van der Waals surface area contributed by atoms with Crippen LogP contribution in [-0.2, 0) is 0 Å². The molecule has 0 aromatic heterocycles. The molecule has 1 N–H and O–H groups in total. The van der Waals surface area contributed by atoms with Gasteiger partial charge in [-0.15, -0.1) is 0 Å². The lowest BCUT2D eigenvalue weighted by Gasteiger charge is -2.27. The summed E-state index contributed by atoms with van der Waals surface area (Å²) >= 11 is 0. The van der Waals surface area contributed by atoms with Crippen molar-refractivity contribution in [1.82, 2.24) is 10.2 Å². The van der Waals surface area contributed by atoms with E-state index in [1.807, 2.05) is 0 Å². The highest BCUT2D eigenvalue weighted by molar-refractivity contribution is 4.96. The molecule has 84 valence electrons. The van der Waals surface area contributed by atoms with E-state index in [0.29, 0.717) is 17.5 Å². The molecular weight excluding hydrogens is 172 g/mol. The summed E-state index contributed by atoms with van der Waals surface area (Å²) in [5.74, 6) is 0. The van der Waals surface area contributed by atoms with Crippen LogP contribution in [0.3, 0.4) is 0 Å². The molecule has 0 heterocycles. The topological polar surface area (TPSA) is 15.3 Å². The van der Waals surface area contributed by atoms with Crippen LogP contribution in [0, 0.1) is 5.41 Å². The van der Waals surface area contributed by atoms with Crippen molar-refractivity contribution in [3.63, 3.8) is 0 Å². The summed E-state index contributed by atoms with van der Waals surface area (Å²) in [5.41, 5.74) is 0.602. The fourth-order valence-electron chi connectivity index (χ4n) is 1.88. The van der Waals surface area contributed by atoms with Crippen LogP contribution in [0.15, 0.2) is 0 Å². The van der Waals surface area contributed by atoms with Crippen LogP contribution in [0.5, 0.6) is 0 Å². The van der Waals surface area contributed by atoms with Gasteiger partial charge in [0.1, 0.15) is 0 Å². The number of likely N-dealkylation sites (N-methyl/N-ethyl adjacent to an activating group) is 1. The first-order valence-electron chi connectivity index (χ1n) is 5.89. The largest absolute Gasteiger partial charge is 0.312 e. The van der Waals surface area contributed by atoms with Crippen molar-refractivity contribution in [3.05, 3.63) is 0 Å². The summed E-state index contributed by atoms with van der Waals surface area (Å²) in [5, 5.41) is 3.68. The van der Waals surface area contributed by atoms with E-state index in [4.69, 9.17) is 0 Å². The number of nitrogens with zero attached hydrogens (tertiary/aromatic N) is 1. The second-order valence-electron chi connectivity index (χ2n) is 5.31. The van der Waals surface area contributed by atoms with Crippen LogP contribution in [0.4, 0.5) is 0 Å². The molecule has 0 aromatic carbocycles. The highest BCUT2D eigenvalue weighted by atomic mass is 15.1. The van der Waals surface area contributed by atoms with Gasteiger partial charge >= 0.3 is 0 Å². The van der Waals surface area contributed by atoms with Crippen molar-refractivity contribution in [2.75, 3.05) is 20.6 Å². The standard InChI is InChI=1S/C12H26N2/c1-6-11(14(4)5)9-13-10(2)12(3)7-8-12/h10-11,13H,6-9H2,1-5H3. The molecule has 2 nitrogen and oxygen atoms in total. The predicted molar refractivity (Wildman–Crippen MR) is 62.6 cm³/mol. The monoisotopic (exact) mass is 198 g/mol. The summed E-state index contributed by atoms with van der Waals surface area (Å²) in [4.78, 5) is 2.31. The van der Waals surface area contributed by atoms with Crippen molar-refractivity contribution in [2.45, 2.75) is 52.1 Å². The van der Waals surface area contributed by atoms with Crippen LogP contribution < -0.4 is 5.32 Å². The second-order valence-corrected chi connectivity index (χ2v) is 5.31. The molecule has 0 aliphatic heterocycles. The van der Waals surface area contributed by atoms with Gasteiger partial charge < -0.3 is 10.2 Å². The van der Waals surface area contributed by atoms with Crippen LogP contribution in [0.2, 0.25) is 0 Å². The average molecular weight is 198 g/mol. The third-order valence-electron chi connectivity index (χ3n) is 3.95. The van der Waals surface area contributed by atoms with Crippen molar-refractivity contribution < 1.29 is 0 Å². The lowest BCUT2D eigenvalue weighted by Crippen LogP contribution is -2.43. The maximum absolute atomic E-state index is 3.68. The molecule has 0 saturated heterocycles. The Balaban J connectivity index is 2.24. The van der Waals surface area contributed by atoms with Gasteiger partial charge in [-0.05, 0) is 45.7 Å². The van der Waals surface area contributed by atoms with Gasteiger partial charge in [0, 0.05) is 18.6 Å². The SMILES string of the molecule is CCC(CNC(C)C1(C)CC1)N(C)C. The van der Waals surface area contributed by atoms with E-state index in [0.717, 1.165) is 6.54 Å². The van der Waals surface area contributed by atoms with E-state index in [1.165, 1.54) is 19.3 Å². The van der Waals surface area contributed by atoms with Gasteiger partial charge in [0.2, 0.25) is 0 Å². The first-order valence-corrected chi connectivity index (χ1v) is 5.89. The van der Waals surface area contributed by atoms with Gasteiger partial charge in [0.05, 0.1) is 0 Å². The van der Waals surface area contributed by atoms with Crippen molar-refractivity contribution in [1.29, 1.82) is 0 Å². The van der Waals surface area contributed by atoms with Crippen LogP contribution in [0.1, 0.15) is 40.0 Å². The third-order valence-corrected chi connectivity index (χ3v) is 3.95. The Morgan fingerprint density at radius 3 is 2.29 bits per heavy atom. The van der Waals surface area contributed by atoms with E-state index < -0.39 is 0 Å². The minimum Gasteiger partial charge on any atom is -0.312 e. The van der Waals surface area contributed by atoms with Gasteiger partial charge in [-0.25, -0.2) is 0 Å². The van der Waals surface area contributed by atoms with Gasteiger partial charge in [0.25, 0.3) is 0 Å². The van der Waals surface area contributed by atoms with Crippen LogP contribution >= 0.6 is 0 Å². The molecule has 2 atom stereocenters. The summed E-state index contributed by atoms with van der Waals surface area (Å²) in [6.45, 7) is 8.10. The van der Waals surface area contributed by atoms with Crippen molar-refractivity contribution in [3.8, 4) is 0 Å². The molecule has 0 spiro atoms. The number of rotatable bonds is 6. The molecule has 0 amide bonds. The minimum atomic E-state index is 0.602. The molecule has 1 rings (SSSR count). The molecule has 2 heteroatoms. The van der Waals surface area contributed by atoms with E-state index in [2.05, 4.69) is 45.1 Å². The fraction of sp³-hybridized carbons (Fsp3) is 1.00.